The van der Waals surface area contributed by atoms with Crippen LogP contribution in [0.2, 0.25) is 0 Å². The molecule has 0 aliphatic heterocycles. The molecular weight excluding hydrogens is 741 g/mol. The van der Waals surface area contributed by atoms with Gasteiger partial charge in [0, 0.05) is 44.5 Å². The van der Waals surface area contributed by atoms with E-state index >= 15 is 0 Å². The summed E-state index contributed by atoms with van der Waals surface area (Å²) < 4.78 is 9.14. The zero-order valence-electron chi connectivity index (χ0n) is 33.5. The number of rotatable bonds is 7. The van der Waals surface area contributed by atoms with Crippen molar-refractivity contribution in [2.45, 2.75) is 12.8 Å². The molecule has 2 heterocycles. The van der Waals surface area contributed by atoms with Gasteiger partial charge in [-0.25, -0.2) is 0 Å². The molecule has 288 valence electrons. The van der Waals surface area contributed by atoms with Gasteiger partial charge in [-0.1, -0.05) is 158 Å². The molecule has 0 fully saturated rings. The fraction of sp³-hybridized carbons (Fsp3) is 0.0345. The molecule has 0 radical (unpaired) electrons. The van der Waals surface area contributed by atoms with Crippen LogP contribution in [0.15, 0.2) is 217 Å². The molecule has 1 aliphatic carbocycles. The monoisotopic (exact) mass is 780 g/mol. The molecule has 0 saturated heterocycles. The van der Waals surface area contributed by atoms with E-state index in [0.29, 0.717) is 0 Å². The Morgan fingerprint density at radius 2 is 1.08 bits per heavy atom. The van der Waals surface area contributed by atoms with Crippen LogP contribution in [0.3, 0.4) is 0 Å². The number of aromatic nitrogens is 1. The van der Waals surface area contributed by atoms with Crippen LogP contribution in [0.1, 0.15) is 17.7 Å². The van der Waals surface area contributed by atoms with Crippen LogP contribution in [-0.2, 0) is 6.42 Å². The van der Waals surface area contributed by atoms with Crippen LogP contribution < -0.4 is 4.90 Å². The van der Waals surface area contributed by atoms with Crippen LogP contribution in [0.4, 0.5) is 17.1 Å². The van der Waals surface area contributed by atoms with E-state index in [1.165, 1.54) is 60.8 Å². The number of nitrogens with zero attached hydrogens (tertiary/aromatic N) is 2. The second-order valence-electron chi connectivity index (χ2n) is 16.0. The highest BCUT2D eigenvalue weighted by Crippen LogP contribution is 2.44. The molecule has 0 saturated carbocycles. The highest BCUT2D eigenvalue weighted by atomic mass is 16.3. The minimum Gasteiger partial charge on any atom is -0.454 e. The van der Waals surface area contributed by atoms with Crippen molar-refractivity contribution in [1.29, 1.82) is 0 Å². The van der Waals surface area contributed by atoms with Gasteiger partial charge in [-0.2, -0.15) is 0 Å². The second-order valence-corrected chi connectivity index (χ2v) is 16.0. The van der Waals surface area contributed by atoms with E-state index in [-0.39, 0.29) is 0 Å². The summed E-state index contributed by atoms with van der Waals surface area (Å²) in [6.07, 6.45) is 6.65. The Balaban J connectivity index is 0.922. The molecule has 2 aromatic heterocycles. The molecular formula is C58H40N2O. The minimum atomic E-state index is 0.868. The Morgan fingerprint density at radius 3 is 1.93 bits per heavy atom. The smallest absolute Gasteiger partial charge is 0.159 e. The van der Waals surface area contributed by atoms with Gasteiger partial charge in [0.25, 0.3) is 0 Å². The Bertz CT molecular complexity index is 3480. The Hall–Kier alpha value is -7.88. The van der Waals surface area contributed by atoms with Crippen molar-refractivity contribution in [3.63, 3.8) is 0 Å². The number of benzene rings is 9. The Kier molecular flexibility index (Phi) is 8.31. The van der Waals surface area contributed by atoms with Gasteiger partial charge >= 0.3 is 0 Å². The molecule has 0 bridgehead atoms. The molecule has 0 amide bonds. The summed E-state index contributed by atoms with van der Waals surface area (Å²) in [5.74, 6) is 0. The van der Waals surface area contributed by atoms with Crippen molar-refractivity contribution in [2.24, 2.45) is 0 Å². The largest absolute Gasteiger partial charge is 0.454 e. The first-order valence-corrected chi connectivity index (χ1v) is 21.1. The van der Waals surface area contributed by atoms with E-state index in [1.807, 2.05) is 6.07 Å². The van der Waals surface area contributed by atoms with E-state index in [0.717, 1.165) is 63.1 Å². The number of anilines is 3. The third kappa shape index (κ3) is 6.05. The average Bonchev–Trinajstić information content (AvgIpc) is 3.89. The first kappa shape index (κ1) is 35.1. The van der Waals surface area contributed by atoms with Crippen molar-refractivity contribution < 1.29 is 4.42 Å². The summed E-state index contributed by atoms with van der Waals surface area (Å²) in [5, 5.41) is 6.03. The number of fused-ring (bicyclic) bond motifs is 7. The highest BCUT2D eigenvalue weighted by Gasteiger charge is 2.22. The van der Waals surface area contributed by atoms with Crippen molar-refractivity contribution >= 4 is 66.8 Å². The van der Waals surface area contributed by atoms with Gasteiger partial charge in [0.1, 0.15) is 5.58 Å². The first-order valence-electron chi connectivity index (χ1n) is 21.1. The summed E-state index contributed by atoms with van der Waals surface area (Å²) in [7, 11) is 0. The maximum atomic E-state index is 6.68. The van der Waals surface area contributed by atoms with Gasteiger partial charge in [0.15, 0.2) is 5.58 Å². The predicted molar refractivity (Wildman–Crippen MR) is 256 cm³/mol. The minimum absolute atomic E-state index is 0.868. The Morgan fingerprint density at radius 1 is 0.443 bits per heavy atom. The van der Waals surface area contributed by atoms with E-state index in [1.54, 1.807) is 0 Å². The fourth-order valence-electron chi connectivity index (χ4n) is 9.48. The lowest BCUT2D eigenvalue weighted by molar-refractivity contribution is 0.669. The molecule has 61 heavy (non-hydrogen) atoms. The molecule has 0 unspecified atom stereocenters. The van der Waals surface area contributed by atoms with Crippen LogP contribution in [0, 0.1) is 0 Å². The lowest BCUT2D eigenvalue weighted by Crippen LogP contribution is -2.11. The van der Waals surface area contributed by atoms with E-state index in [4.69, 9.17) is 4.42 Å². The van der Waals surface area contributed by atoms with E-state index in [2.05, 4.69) is 222 Å². The number of hydrogen-bond donors (Lipinski definition) is 0. The van der Waals surface area contributed by atoms with Crippen molar-refractivity contribution in [3.05, 3.63) is 224 Å². The van der Waals surface area contributed by atoms with E-state index < -0.39 is 0 Å². The number of para-hydroxylation sites is 3. The maximum absolute atomic E-state index is 6.68. The molecule has 9 aromatic carbocycles. The molecule has 0 spiro atoms. The SMILES string of the molecule is C1=Cc2c(n(-c3cccc(N(c4ccc(-c5ccc(-c6cccc(-c7ccc8ccccc8c7)c6)cc5)cc4)c4cccc5c4oc4ccccc45)c3)c3ccccc23)CC1. The average molecular weight is 781 g/mol. The number of allylic oxidation sites excluding steroid dienone is 1. The van der Waals surface area contributed by atoms with Gasteiger partial charge in [0.2, 0.25) is 0 Å². The lowest BCUT2D eigenvalue weighted by Gasteiger charge is -2.26. The third-order valence-electron chi connectivity index (χ3n) is 12.4. The van der Waals surface area contributed by atoms with Gasteiger partial charge in [-0.15, -0.1) is 0 Å². The van der Waals surface area contributed by atoms with Crippen molar-refractivity contribution in [1.82, 2.24) is 4.57 Å². The summed E-state index contributed by atoms with van der Waals surface area (Å²) in [6, 6.07) is 74.6. The second kappa shape index (κ2) is 14.4. The van der Waals surface area contributed by atoms with Crippen LogP contribution in [0.25, 0.3) is 88.8 Å². The van der Waals surface area contributed by atoms with Crippen LogP contribution in [-0.4, -0.2) is 4.57 Å². The van der Waals surface area contributed by atoms with Gasteiger partial charge in [-0.05, 0) is 118 Å². The third-order valence-corrected chi connectivity index (χ3v) is 12.4. The molecule has 11 aromatic rings. The fourth-order valence-corrected chi connectivity index (χ4v) is 9.48. The number of hydrogen-bond acceptors (Lipinski definition) is 2. The van der Waals surface area contributed by atoms with Gasteiger partial charge in [-0.3, -0.25) is 0 Å². The van der Waals surface area contributed by atoms with Gasteiger partial charge in [0.05, 0.1) is 11.2 Å². The normalized spacial score (nSPS) is 12.4. The summed E-state index contributed by atoms with van der Waals surface area (Å²) >= 11 is 0. The van der Waals surface area contributed by atoms with Crippen LogP contribution in [0.5, 0.6) is 0 Å². The molecule has 1 aliphatic rings. The molecule has 3 heteroatoms. The topological polar surface area (TPSA) is 21.3 Å². The first-order chi connectivity index (χ1) is 30.2. The molecule has 0 atom stereocenters. The number of furan rings is 1. The lowest BCUT2D eigenvalue weighted by atomic mass is 9.96. The van der Waals surface area contributed by atoms with Crippen LogP contribution >= 0.6 is 0 Å². The highest BCUT2D eigenvalue weighted by molar-refractivity contribution is 6.10. The summed E-state index contributed by atoms with van der Waals surface area (Å²) in [5.41, 5.74) is 17.1. The van der Waals surface area contributed by atoms with Crippen molar-refractivity contribution in [3.8, 4) is 39.1 Å². The van der Waals surface area contributed by atoms with E-state index in [9.17, 15) is 0 Å². The van der Waals surface area contributed by atoms with Crippen molar-refractivity contribution in [2.75, 3.05) is 4.90 Å². The Labute approximate surface area is 354 Å². The summed E-state index contributed by atoms with van der Waals surface area (Å²) in [4.78, 5) is 2.35. The molecule has 3 nitrogen and oxygen atoms in total. The molecule has 0 N–H and O–H groups in total. The summed E-state index contributed by atoms with van der Waals surface area (Å²) in [6.45, 7) is 0. The maximum Gasteiger partial charge on any atom is 0.159 e. The predicted octanol–water partition coefficient (Wildman–Crippen LogP) is 16.1. The molecule has 12 rings (SSSR count). The zero-order chi connectivity index (χ0) is 40.3. The quantitative estimate of drug-likeness (QED) is 0.161. The van der Waals surface area contributed by atoms with Gasteiger partial charge < -0.3 is 13.9 Å². The standard InChI is InChI=1S/C58H40N2O/c1-2-13-43-37-46(31-30-39(43)12-1)45-15-9-14-44(36-45)42-28-26-40(27-29-42)41-32-34-47(35-33-41)59(56-24-11-21-53-52-20-5-8-25-57(52)61-58(53)56)48-16-10-17-49(38-48)60-54-22-6-3-18-50(54)51-19-4-7-23-55(51)60/h1-6,8-22,24-38H,7,23H2. The zero-order valence-corrected chi connectivity index (χ0v) is 33.5.